The van der Waals surface area contributed by atoms with Gasteiger partial charge >= 0.3 is 0 Å². The van der Waals surface area contributed by atoms with Crippen LogP contribution in [0.1, 0.15) is 37.9 Å². The van der Waals surface area contributed by atoms with Gasteiger partial charge in [0.2, 0.25) is 0 Å². The largest absolute Gasteiger partial charge is 0.368 e. The van der Waals surface area contributed by atoms with Crippen LogP contribution in [0.5, 0.6) is 0 Å². The number of aromatic nitrogens is 2. The highest BCUT2D eigenvalue weighted by Crippen LogP contribution is 2.11. The summed E-state index contributed by atoms with van der Waals surface area (Å²) in [7, 11) is 0. The third-order valence-electron chi connectivity index (χ3n) is 3.33. The van der Waals surface area contributed by atoms with Crippen molar-refractivity contribution in [2.75, 3.05) is 5.32 Å². The Bertz CT molecular complexity index is 511. The highest BCUT2D eigenvalue weighted by atomic mass is 15.0. The van der Waals surface area contributed by atoms with E-state index in [0.29, 0.717) is 6.04 Å². The molecule has 1 aromatic heterocycles. The van der Waals surface area contributed by atoms with Crippen molar-refractivity contribution in [3.63, 3.8) is 0 Å². The minimum atomic E-state index is 0.402. The summed E-state index contributed by atoms with van der Waals surface area (Å²) in [6.07, 6.45) is 5.95. The van der Waals surface area contributed by atoms with Gasteiger partial charge in [-0.3, -0.25) is 0 Å². The zero-order valence-electron chi connectivity index (χ0n) is 12.3. The van der Waals surface area contributed by atoms with Crippen molar-refractivity contribution in [1.29, 1.82) is 0 Å². The van der Waals surface area contributed by atoms with E-state index in [1.165, 1.54) is 5.56 Å². The number of aryl methyl sites for hydroxylation is 2. The second-order valence-corrected chi connectivity index (χ2v) is 5.21. The molecule has 0 saturated carbocycles. The summed E-state index contributed by atoms with van der Waals surface area (Å²) in [5, 5.41) is 3.46. The lowest BCUT2D eigenvalue weighted by atomic mass is 10.1. The van der Waals surface area contributed by atoms with Crippen LogP contribution in [0.15, 0.2) is 42.7 Å². The molecule has 0 spiro atoms. The van der Waals surface area contributed by atoms with E-state index in [1.807, 2.05) is 0 Å². The van der Waals surface area contributed by atoms with E-state index in [2.05, 4.69) is 65.5 Å². The third-order valence-corrected chi connectivity index (χ3v) is 3.33. The Kier molecular flexibility index (Phi) is 5.54. The first-order valence-corrected chi connectivity index (χ1v) is 7.39. The summed E-state index contributed by atoms with van der Waals surface area (Å²) in [6.45, 7) is 4.36. The van der Waals surface area contributed by atoms with Gasteiger partial charge in [-0.1, -0.05) is 43.7 Å². The lowest BCUT2D eigenvalue weighted by molar-refractivity contribution is 0.701. The molecule has 0 radical (unpaired) electrons. The quantitative estimate of drug-likeness (QED) is 0.829. The molecule has 106 valence electrons. The molecule has 2 aromatic rings. The number of hydrogen-bond donors (Lipinski definition) is 1. The van der Waals surface area contributed by atoms with Crippen LogP contribution in [0.4, 0.5) is 5.82 Å². The van der Waals surface area contributed by atoms with Gasteiger partial charge in [0.1, 0.15) is 12.1 Å². The van der Waals surface area contributed by atoms with Crippen molar-refractivity contribution in [2.45, 2.75) is 45.6 Å². The summed E-state index contributed by atoms with van der Waals surface area (Å²) in [5.74, 6) is 0.934. The smallest absolute Gasteiger partial charge is 0.129 e. The van der Waals surface area contributed by atoms with E-state index in [1.54, 1.807) is 6.33 Å². The molecule has 0 bridgehead atoms. The van der Waals surface area contributed by atoms with Crippen LogP contribution < -0.4 is 5.32 Å². The SMILES string of the molecule is CCCc1cc(NC(C)CCc2ccccc2)ncn1. The van der Waals surface area contributed by atoms with Crippen molar-refractivity contribution < 1.29 is 0 Å². The number of rotatable bonds is 7. The summed E-state index contributed by atoms with van der Waals surface area (Å²) >= 11 is 0. The van der Waals surface area contributed by atoms with Crippen molar-refractivity contribution in [2.24, 2.45) is 0 Å². The fourth-order valence-electron chi connectivity index (χ4n) is 2.22. The molecule has 3 nitrogen and oxygen atoms in total. The first-order chi connectivity index (χ1) is 9.78. The zero-order valence-corrected chi connectivity index (χ0v) is 12.3. The van der Waals surface area contributed by atoms with Crippen LogP contribution in [-0.4, -0.2) is 16.0 Å². The van der Waals surface area contributed by atoms with Gasteiger partial charge in [-0.25, -0.2) is 9.97 Å². The van der Waals surface area contributed by atoms with Crippen LogP contribution in [0.25, 0.3) is 0 Å². The Morgan fingerprint density at radius 2 is 1.90 bits per heavy atom. The highest BCUT2D eigenvalue weighted by Gasteiger charge is 2.04. The Morgan fingerprint density at radius 1 is 1.10 bits per heavy atom. The van der Waals surface area contributed by atoms with Crippen LogP contribution in [0.3, 0.4) is 0 Å². The Hall–Kier alpha value is -1.90. The first-order valence-electron chi connectivity index (χ1n) is 7.39. The van der Waals surface area contributed by atoms with Crippen LogP contribution in [0.2, 0.25) is 0 Å². The second kappa shape index (κ2) is 7.63. The van der Waals surface area contributed by atoms with E-state index >= 15 is 0 Å². The molecule has 0 aliphatic heterocycles. The molecule has 1 heterocycles. The second-order valence-electron chi connectivity index (χ2n) is 5.21. The maximum absolute atomic E-state index is 4.29. The molecule has 0 saturated heterocycles. The fraction of sp³-hybridized carbons (Fsp3) is 0.412. The standard InChI is InChI=1S/C17H23N3/c1-3-7-16-12-17(19-13-18-16)20-14(2)10-11-15-8-5-4-6-9-15/h4-6,8-9,12-14H,3,7,10-11H2,1-2H3,(H,18,19,20). The van der Waals surface area contributed by atoms with Crippen molar-refractivity contribution in [3.05, 3.63) is 54.0 Å². The fourth-order valence-corrected chi connectivity index (χ4v) is 2.22. The third kappa shape index (κ3) is 4.65. The molecule has 2 rings (SSSR count). The molecular formula is C17H23N3. The molecule has 3 heteroatoms. The van der Waals surface area contributed by atoms with Crippen LogP contribution in [-0.2, 0) is 12.8 Å². The number of anilines is 1. The topological polar surface area (TPSA) is 37.8 Å². The molecule has 1 atom stereocenters. The number of nitrogens with one attached hydrogen (secondary N) is 1. The average molecular weight is 269 g/mol. The summed E-state index contributed by atoms with van der Waals surface area (Å²) in [4.78, 5) is 8.57. The van der Waals surface area contributed by atoms with Crippen molar-refractivity contribution in [1.82, 2.24) is 9.97 Å². The Balaban J connectivity index is 1.84. The van der Waals surface area contributed by atoms with Crippen LogP contribution in [0, 0.1) is 0 Å². The van der Waals surface area contributed by atoms with Gasteiger partial charge in [-0.2, -0.15) is 0 Å². The molecule has 1 N–H and O–H groups in total. The van der Waals surface area contributed by atoms with Gasteiger partial charge in [0.05, 0.1) is 0 Å². The van der Waals surface area contributed by atoms with Gasteiger partial charge in [0.15, 0.2) is 0 Å². The number of hydrogen-bond acceptors (Lipinski definition) is 3. The summed E-state index contributed by atoms with van der Waals surface area (Å²) < 4.78 is 0. The predicted octanol–water partition coefficient (Wildman–Crippen LogP) is 3.86. The van der Waals surface area contributed by atoms with Gasteiger partial charge in [0.25, 0.3) is 0 Å². The molecule has 0 fully saturated rings. The minimum absolute atomic E-state index is 0.402. The maximum atomic E-state index is 4.29. The molecule has 0 aliphatic rings. The molecule has 0 aliphatic carbocycles. The van der Waals surface area contributed by atoms with Gasteiger partial charge in [0, 0.05) is 17.8 Å². The maximum Gasteiger partial charge on any atom is 0.129 e. The average Bonchev–Trinajstić information content (AvgIpc) is 2.47. The minimum Gasteiger partial charge on any atom is -0.368 e. The molecule has 1 aromatic carbocycles. The molecule has 1 unspecified atom stereocenters. The number of benzene rings is 1. The summed E-state index contributed by atoms with van der Waals surface area (Å²) in [6, 6.07) is 13.1. The van der Waals surface area contributed by atoms with Gasteiger partial charge in [-0.15, -0.1) is 0 Å². The van der Waals surface area contributed by atoms with Crippen molar-refractivity contribution >= 4 is 5.82 Å². The highest BCUT2D eigenvalue weighted by molar-refractivity contribution is 5.35. The van der Waals surface area contributed by atoms with Gasteiger partial charge in [-0.05, 0) is 31.7 Å². The van der Waals surface area contributed by atoms with E-state index in [0.717, 1.165) is 37.2 Å². The van der Waals surface area contributed by atoms with E-state index in [-0.39, 0.29) is 0 Å². The first kappa shape index (κ1) is 14.5. The normalized spacial score (nSPS) is 12.1. The molecule has 0 amide bonds. The lowest BCUT2D eigenvalue weighted by Gasteiger charge is -2.14. The summed E-state index contributed by atoms with van der Waals surface area (Å²) in [5.41, 5.74) is 2.50. The van der Waals surface area contributed by atoms with Crippen LogP contribution >= 0.6 is 0 Å². The predicted molar refractivity (Wildman–Crippen MR) is 83.9 cm³/mol. The monoisotopic (exact) mass is 269 g/mol. The van der Waals surface area contributed by atoms with E-state index in [4.69, 9.17) is 0 Å². The molecule has 20 heavy (non-hydrogen) atoms. The Morgan fingerprint density at radius 3 is 2.65 bits per heavy atom. The zero-order chi connectivity index (χ0) is 14.2. The Labute approximate surface area is 121 Å². The van der Waals surface area contributed by atoms with Gasteiger partial charge < -0.3 is 5.32 Å². The van der Waals surface area contributed by atoms with Crippen molar-refractivity contribution in [3.8, 4) is 0 Å². The van der Waals surface area contributed by atoms with E-state index in [9.17, 15) is 0 Å². The lowest BCUT2D eigenvalue weighted by Crippen LogP contribution is -2.17. The molecular weight excluding hydrogens is 246 g/mol. The van der Waals surface area contributed by atoms with E-state index < -0.39 is 0 Å². The number of nitrogens with zero attached hydrogens (tertiary/aromatic N) is 2.